The zero-order valence-corrected chi connectivity index (χ0v) is 12.2. The lowest BCUT2D eigenvalue weighted by Crippen LogP contribution is -2.04. The molecule has 19 heavy (non-hydrogen) atoms. The molecule has 0 bridgehead atoms. The molecule has 0 fully saturated rings. The van der Waals surface area contributed by atoms with Gasteiger partial charge >= 0.3 is 5.97 Å². The Kier molecular flexibility index (Phi) is 4.86. The number of anilines is 1. The predicted molar refractivity (Wildman–Crippen MR) is 77.1 cm³/mol. The van der Waals surface area contributed by atoms with Crippen molar-refractivity contribution in [1.82, 2.24) is 9.97 Å². The Morgan fingerprint density at radius 3 is 2.84 bits per heavy atom. The van der Waals surface area contributed by atoms with Gasteiger partial charge in [-0.15, -0.1) is 22.7 Å². The minimum atomic E-state index is -0.790. The van der Waals surface area contributed by atoms with Crippen LogP contribution in [0.4, 0.5) is 5.13 Å². The molecule has 0 aliphatic rings. The molecule has 2 aromatic heterocycles. The van der Waals surface area contributed by atoms with Crippen LogP contribution in [0.5, 0.6) is 0 Å². The van der Waals surface area contributed by atoms with Gasteiger partial charge in [-0.2, -0.15) is 0 Å². The summed E-state index contributed by atoms with van der Waals surface area (Å²) >= 11 is 3.18. The highest BCUT2D eigenvalue weighted by Gasteiger charge is 2.05. The average Bonchev–Trinajstić information content (AvgIpc) is 2.96. The van der Waals surface area contributed by atoms with E-state index in [1.807, 2.05) is 17.7 Å². The molecule has 0 radical (unpaired) electrons. The van der Waals surface area contributed by atoms with Crippen molar-refractivity contribution in [3.05, 3.63) is 27.2 Å². The van der Waals surface area contributed by atoms with Crippen LogP contribution in [-0.4, -0.2) is 27.6 Å². The van der Waals surface area contributed by atoms with Crippen LogP contribution in [0.1, 0.15) is 22.8 Å². The number of rotatable bonds is 7. The maximum absolute atomic E-state index is 10.5. The molecule has 0 aromatic carbocycles. The predicted octanol–water partition coefficient (Wildman–Crippen LogP) is 2.58. The van der Waals surface area contributed by atoms with Crippen LogP contribution < -0.4 is 5.32 Å². The minimum Gasteiger partial charge on any atom is -0.481 e. The first-order valence-electron chi connectivity index (χ1n) is 5.94. The lowest BCUT2D eigenvalue weighted by atomic mass is 10.2. The van der Waals surface area contributed by atoms with Crippen molar-refractivity contribution >= 4 is 33.8 Å². The van der Waals surface area contributed by atoms with Crippen molar-refractivity contribution in [3.63, 3.8) is 0 Å². The Balaban J connectivity index is 1.75. The summed E-state index contributed by atoms with van der Waals surface area (Å²) in [5.74, 6) is -0.790. The van der Waals surface area contributed by atoms with Crippen molar-refractivity contribution in [2.75, 3.05) is 11.9 Å². The van der Waals surface area contributed by atoms with E-state index in [1.165, 1.54) is 11.3 Å². The lowest BCUT2D eigenvalue weighted by Gasteiger charge is -1.99. The third kappa shape index (κ3) is 4.60. The fourth-order valence-electron chi connectivity index (χ4n) is 1.53. The highest BCUT2D eigenvalue weighted by Crippen LogP contribution is 2.17. The highest BCUT2D eigenvalue weighted by atomic mass is 32.1. The maximum atomic E-state index is 10.5. The molecule has 0 saturated heterocycles. The third-order valence-electron chi connectivity index (χ3n) is 2.43. The Bertz CT molecular complexity index is 551. The van der Waals surface area contributed by atoms with Crippen LogP contribution >= 0.6 is 22.7 Å². The van der Waals surface area contributed by atoms with E-state index in [2.05, 4.69) is 15.3 Å². The molecular weight excluding hydrogens is 282 g/mol. The summed E-state index contributed by atoms with van der Waals surface area (Å²) in [4.78, 5) is 19.2. The number of hydrogen-bond acceptors (Lipinski definition) is 6. The van der Waals surface area contributed by atoms with E-state index in [9.17, 15) is 4.79 Å². The molecule has 0 spiro atoms. The summed E-state index contributed by atoms with van der Waals surface area (Å²) < 4.78 is 0. The second kappa shape index (κ2) is 6.63. The smallest absolute Gasteiger partial charge is 0.303 e. The summed E-state index contributed by atoms with van der Waals surface area (Å²) in [7, 11) is 0. The summed E-state index contributed by atoms with van der Waals surface area (Å²) in [6, 6.07) is 0. The van der Waals surface area contributed by atoms with Gasteiger partial charge in [0.1, 0.15) is 0 Å². The first-order valence-corrected chi connectivity index (χ1v) is 7.70. The third-order valence-corrected chi connectivity index (χ3v) is 4.30. The normalized spacial score (nSPS) is 10.6. The van der Waals surface area contributed by atoms with Crippen LogP contribution in [0.25, 0.3) is 0 Å². The van der Waals surface area contributed by atoms with Crippen LogP contribution in [0.15, 0.2) is 10.8 Å². The van der Waals surface area contributed by atoms with Crippen molar-refractivity contribution in [2.24, 2.45) is 0 Å². The molecule has 0 aliphatic carbocycles. The fraction of sp³-hybridized carbons (Fsp3) is 0.417. The molecule has 0 unspecified atom stereocenters. The van der Waals surface area contributed by atoms with Gasteiger partial charge in [0.05, 0.1) is 17.1 Å². The molecular formula is C12H15N3O2S2. The molecule has 0 amide bonds. The van der Waals surface area contributed by atoms with Gasteiger partial charge in [-0.05, 0) is 6.92 Å². The van der Waals surface area contributed by atoms with Crippen molar-refractivity contribution in [2.45, 2.75) is 26.2 Å². The van der Waals surface area contributed by atoms with Crippen LogP contribution in [0.2, 0.25) is 0 Å². The standard InChI is InChI=1S/C12H15N3O2S2/c1-8-6-18-10(14-8)4-5-13-12-15-9(7-19-12)2-3-11(16)17/h6-7H,2-5H2,1H3,(H,13,15)(H,16,17). The molecule has 2 rings (SSSR count). The number of nitrogens with zero attached hydrogens (tertiary/aromatic N) is 2. The molecule has 2 N–H and O–H groups in total. The number of aliphatic carboxylic acids is 1. The molecule has 102 valence electrons. The zero-order valence-electron chi connectivity index (χ0n) is 10.5. The zero-order chi connectivity index (χ0) is 13.7. The van der Waals surface area contributed by atoms with Crippen LogP contribution in [-0.2, 0) is 17.6 Å². The maximum Gasteiger partial charge on any atom is 0.303 e. The molecule has 2 aromatic rings. The molecule has 2 heterocycles. The molecule has 0 saturated carbocycles. The summed E-state index contributed by atoms with van der Waals surface area (Å²) in [5, 5.41) is 17.7. The van der Waals surface area contributed by atoms with Gasteiger partial charge in [0.15, 0.2) is 5.13 Å². The number of aromatic nitrogens is 2. The summed E-state index contributed by atoms with van der Waals surface area (Å²) in [6.07, 6.45) is 1.49. The van der Waals surface area contributed by atoms with E-state index in [-0.39, 0.29) is 6.42 Å². The quantitative estimate of drug-likeness (QED) is 0.821. The van der Waals surface area contributed by atoms with E-state index in [1.54, 1.807) is 11.3 Å². The average molecular weight is 297 g/mol. The molecule has 5 nitrogen and oxygen atoms in total. The van der Waals surface area contributed by atoms with Crippen molar-refractivity contribution in [3.8, 4) is 0 Å². The molecule has 0 atom stereocenters. The second-order valence-corrected chi connectivity index (χ2v) is 5.90. The molecule has 7 heteroatoms. The van der Waals surface area contributed by atoms with Crippen molar-refractivity contribution < 1.29 is 9.90 Å². The van der Waals surface area contributed by atoms with Crippen LogP contribution in [0.3, 0.4) is 0 Å². The number of carboxylic acids is 1. The Labute approximate surface area is 119 Å². The number of aryl methyl sites for hydroxylation is 2. The van der Waals surface area contributed by atoms with Crippen LogP contribution in [0, 0.1) is 6.92 Å². The summed E-state index contributed by atoms with van der Waals surface area (Å²) in [6.45, 7) is 2.78. The highest BCUT2D eigenvalue weighted by molar-refractivity contribution is 7.13. The Morgan fingerprint density at radius 1 is 1.32 bits per heavy atom. The van der Waals surface area contributed by atoms with Gasteiger partial charge in [0.2, 0.25) is 0 Å². The number of nitrogens with one attached hydrogen (secondary N) is 1. The topological polar surface area (TPSA) is 75.1 Å². The van der Waals surface area contributed by atoms with Gasteiger partial charge in [0, 0.05) is 35.8 Å². The number of thiazole rings is 2. The van der Waals surface area contributed by atoms with E-state index >= 15 is 0 Å². The van der Waals surface area contributed by atoms with E-state index in [4.69, 9.17) is 5.11 Å². The largest absolute Gasteiger partial charge is 0.481 e. The van der Waals surface area contributed by atoms with Gasteiger partial charge in [-0.25, -0.2) is 9.97 Å². The summed E-state index contributed by atoms with van der Waals surface area (Å²) in [5.41, 5.74) is 1.89. The Hall–Kier alpha value is -1.47. The minimum absolute atomic E-state index is 0.127. The monoisotopic (exact) mass is 297 g/mol. The second-order valence-electron chi connectivity index (χ2n) is 4.10. The SMILES string of the molecule is Cc1csc(CCNc2nc(CCC(=O)O)cs2)n1. The van der Waals surface area contributed by atoms with E-state index in [0.717, 1.165) is 34.5 Å². The number of carboxylic acid groups (broad SMARTS) is 1. The Morgan fingerprint density at radius 2 is 2.16 bits per heavy atom. The van der Waals surface area contributed by atoms with E-state index in [0.29, 0.717) is 6.42 Å². The van der Waals surface area contributed by atoms with Gasteiger partial charge in [0.25, 0.3) is 0 Å². The number of hydrogen-bond donors (Lipinski definition) is 2. The van der Waals surface area contributed by atoms with Gasteiger partial charge < -0.3 is 10.4 Å². The lowest BCUT2D eigenvalue weighted by molar-refractivity contribution is -0.136. The van der Waals surface area contributed by atoms with Crippen molar-refractivity contribution in [1.29, 1.82) is 0 Å². The molecule has 0 aliphatic heterocycles. The first kappa shape index (κ1) is 14.0. The fourth-order valence-corrected chi connectivity index (χ4v) is 3.08. The van der Waals surface area contributed by atoms with E-state index < -0.39 is 5.97 Å². The van der Waals surface area contributed by atoms with Gasteiger partial charge in [-0.3, -0.25) is 4.79 Å². The van der Waals surface area contributed by atoms with Gasteiger partial charge in [-0.1, -0.05) is 0 Å². The number of carbonyl (C=O) groups is 1. The first-order chi connectivity index (χ1) is 9.13.